The maximum atomic E-state index is 4.10. The van der Waals surface area contributed by atoms with Gasteiger partial charge in [0, 0.05) is 21.8 Å². The summed E-state index contributed by atoms with van der Waals surface area (Å²) in [4.78, 5) is 3.31. The Balaban J connectivity index is 3.26. The molecule has 1 heteroatoms. The first kappa shape index (κ1) is 16.8. The van der Waals surface area contributed by atoms with Crippen LogP contribution in [0.25, 0.3) is 18.2 Å². The zero-order chi connectivity index (χ0) is 15.8. The van der Waals surface area contributed by atoms with Gasteiger partial charge in [-0.1, -0.05) is 67.3 Å². The number of nitrogens with one attached hydrogen (secondary N) is 1. The molecular formula is C20H25N. The fourth-order valence-corrected chi connectivity index (χ4v) is 2.12. The third-order valence-electron chi connectivity index (χ3n) is 3.38. The molecule has 0 unspecified atom stereocenters. The summed E-state index contributed by atoms with van der Waals surface area (Å²) in [6.07, 6.45) is 16.2. The lowest BCUT2D eigenvalue weighted by atomic mass is 10.1. The smallest absolute Gasteiger partial charge is 0.0391 e. The minimum atomic E-state index is 0.951. The zero-order valence-electron chi connectivity index (χ0n) is 13.5. The first-order valence-corrected chi connectivity index (χ1v) is 7.16. The van der Waals surface area contributed by atoms with Gasteiger partial charge in [-0.05, 0) is 33.3 Å². The summed E-state index contributed by atoms with van der Waals surface area (Å²) >= 11 is 0. The largest absolute Gasteiger partial charge is 0.359 e. The van der Waals surface area contributed by atoms with E-state index in [0.717, 1.165) is 16.3 Å². The van der Waals surface area contributed by atoms with E-state index in [1.807, 2.05) is 13.0 Å². The van der Waals surface area contributed by atoms with Crippen LogP contribution in [-0.2, 0) is 0 Å². The van der Waals surface area contributed by atoms with Crippen LogP contribution in [0.1, 0.15) is 32.0 Å². The van der Waals surface area contributed by atoms with Crippen LogP contribution >= 0.6 is 0 Å². The highest BCUT2D eigenvalue weighted by atomic mass is 14.7. The molecule has 1 N–H and O–H groups in total. The van der Waals surface area contributed by atoms with Crippen molar-refractivity contribution in [2.24, 2.45) is 0 Å². The van der Waals surface area contributed by atoms with Crippen molar-refractivity contribution in [1.29, 1.82) is 0 Å². The molecule has 21 heavy (non-hydrogen) atoms. The Labute approximate surface area is 128 Å². The molecule has 0 aromatic carbocycles. The topological polar surface area (TPSA) is 15.8 Å². The van der Waals surface area contributed by atoms with Gasteiger partial charge >= 0.3 is 0 Å². The quantitative estimate of drug-likeness (QED) is 0.778. The average molecular weight is 279 g/mol. The van der Waals surface area contributed by atoms with Crippen LogP contribution in [-0.4, -0.2) is 4.98 Å². The number of aromatic nitrogens is 1. The van der Waals surface area contributed by atoms with E-state index < -0.39 is 0 Å². The Morgan fingerprint density at radius 2 is 1.76 bits per heavy atom. The molecule has 1 heterocycles. The Kier molecular flexibility index (Phi) is 6.48. The van der Waals surface area contributed by atoms with Crippen LogP contribution in [0.3, 0.4) is 0 Å². The van der Waals surface area contributed by atoms with E-state index in [2.05, 4.69) is 75.4 Å². The van der Waals surface area contributed by atoms with E-state index in [-0.39, 0.29) is 0 Å². The molecule has 1 rings (SSSR count). The van der Waals surface area contributed by atoms with Crippen LogP contribution in [0, 0.1) is 6.92 Å². The van der Waals surface area contributed by atoms with Crippen molar-refractivity contribution in [3.8, 4) is 0 Å². The van der Waals surface area contributed by atoms with Crippen molar-refractivity contribution in [1.82, 2.24) is 4.98 Å². The molecule has 0 aliphatic carbocycles. The van der Waals surface area contributed by atoms with Crippen LogP contribution in [0.2, 0.25) is 0 Å². The molecule has 0 saturated carbocycles. The molecule has 0 fully saturated rings. The van der Waals surface area contributed by atoms with Gasteiger partial charge in [0.15, 0.2) is 0 Å². The maximum Gasteiger partial charge on any atom is 0.0391 e. The van der Waals surface area contributed by atoms with Crippen molar-refractivity contribution in [3.05, 3.63) is 76.5 Å². The normalized spacial score (nSPS) is 14.6. The van der Waals surface area contributed by atoms with Crippen molar-refractivity contribution in [2.75, 3.05) is 0 Å². The standard InChI is InChI=1S/C20H25N/c1-7-9-14-19-17(5)21-18(6)20(19)16(4)13-11-10-12-15(3)8-2/h7-14,21H,1,6H2,2-5H3/b12-10-,13-11-,14-9-,15-8+,20-16-. The van der Waals surface area contributed by atoms with Crippen LogP contribution < -0.4 is 10.6 Å². The molecule has 110 valence electrons. The molecule has 1 aromatic heterocycles. The Morgan fingerprint density at radius 1 is 1.10 bits per heavy atom. The van der Waals surface area contributed by atoms with Gasteiger partial charge in [0.2, 0.25) is 0 Å². The van der Waals surface area contributed by atoms with Gasteiger partial charge < -0.3 is 4.98 Å². The second-order valence-corrected chi connectivity index (χ2v) is 5.05. The second kappa shape index (κ2) is 8.11. The number of rotatable bonds is 5. The fraction of sp³-hybridized carbons (Fsp3) is 0.200. The highest BCUT2D eigenvalue weighted by molar-refractivity contribution is 5.64. The fourth-order valence-electron chi connectivity index (χ4n) is 2.12. The summed E-state index contributed by atoms with van der Waals surface area (Å²) in [5, 5.41) is 2.12. The minimum absolute atomic E-state index is 0.951. The maximum absolute atomic E-state index is 4.10. The summed E-state index contributed by atoms with van der Waals surface area (Å²) in [6.45, 7) is 16.1. The summed E-state index contributed by atoms with van der Waals surface area (Å²) in [5.74, 6) is 0. The van der Waals surface area contributed by atoms with Gasteiger partial charge in [-0.25, -0.2) is 0 Å². The number of H-pyrrole nitrogens is 1. The Hall–Kier alpha value is -2.28. The summed E-state index contributed by atoms with van der Waals surface area (Å²) < 4.78 is 0. The molecule has 0 saturated heterocycles. The van der Waals surface area contributed by atoms with E-state index in [1.54, 1.807) is 6.08 Å². The monoisotopic (exact) mass is 279 g/mol. The molecule has 0 radical (unpaired) electrons. The lowest BCUT2D eigenvalue weighted by Gasteiger charge is -1.94. The lowest BCUT2D eigenvalue weighted by Crippen LogP contribution is -2.24. The Bertz CT molecular complexity index is 719. The molecule has 1 aromatic rings. The van der Waals surface area contributed by atoms with Crippen molar-refractivity contribution in [3.63, 3.8) is 0 Å². The molecule has 1 nitrogen and oxygen atoms in total. The number of aromatic amines is 1. The molecule has 0 atom stereocenters. The minimum Gasteiger partial charge on any atom is -0.359 e. The van der Waals surface area contributed by atoms with Crippen molar-refractivity contribution in [2.45, 2.75) is 27.7 Å². The number of hydrogen-bond acceptors (Lipinski definition) is 0. The van der Waals surface area contributed by atoms with Crippen molar-refractivity contribution >= 4 is 18.2 Å². The van der Waals surface area contributed by atoms with E-state index in [4.69, 9.17) is 0 Å². The van der Waals surface area contributed by atoms with Gasteiger partial charge in [0.1, 0.15) is 0 Å². The van der Waals surface area contributed by atoms with Crippen molar-refractivity contribution < 1.29 is 0 Å². The summed E-state index contributed by atoms with van der Waals surface area (Å²) in [6, 6.07) is 0. The number of allylic oxidation sites excluding steroid dienone is 8. The average Bonchev–Trinajstić information content (AvgIpc) is 2.74. The molecule has 0 aliphatic heterocycles. The third kappa shape index (κ3) is 4.64. The highest BCUT2D eigenvalue weighted by Gasteiger charge is 2.02. The zero-order valence-corrected chi connectivity index (χ0v) is 13.5. The SMILES string of the molecule is C=C/C=C\c1c(C)[nH]c(=C)/c1=C(C)/C=C\C=C/C(C)=C/C. The lowest BCUT2D eigenvalue weighted by molar-refractivity contribution is 1.22. The third-order valence-corrected chi connectivity index (χ3v) is 3.38. The van der Waals surface area contributed by atoms with Gasteiger partial charge in [0.05, 0.1) is 0 Å². The molecular weight excluding hydrogens is 254 g/mol. The van der Waals surface area contributed by atoms with E-state index >= 15 is 0 Å². The van der Waals surface area contributed by atoms with Gasteiger partial charge in [-0.15, -0.1) is 0 Å². The van der Waals surface area contributed by atoms with Gasteiger partial charge in [-0.2, -0.15) is 0 Å². The first-order chi connectivity index (χ1) is 10.0. The van der Waals surface area contributed by atoms with E-state index in [1.165, 1.54) is 16.7 Å². The van der Waals surface area contributed by atoms with Crippen LogP contribution in [0.15, 0.2) is 54.7 Å². The first-order valence-electron chi connectivity index (χ1n) is 7.16. The number of aryl methyl sites for hydroxylation is 1. The second-order valence-electron chi connectivity index (χ2n) is 5.05. The molecule has 0 aliphatic rings. The van der Waals surface area contributed by atoms with Gasteiger partial charge in [-0.3, -0.25) is 0 Å². The van der Waals surface area contributed by atoms with E-state index in [9.17, 15) is 0 Å². The molecule has 0 bridgehead atoms. The Morgan fingerprint density at radius 3 is 2.38 bits per heavy atom. The van der Waals surface area contributed by atoms with E-state index in [0.29, 0.717) is 0 Å². The predicted octanol–water partition coefficient (Wildman–Crippen LogP) is 4.18. The van der Waals surface area contributed by atoms with Crippen LogP contribution in [0.5, 0.6) is 0 Å². The highest BCUT2D eigenvalue weighted by Crippen LogP contribution is 2.03. The molecule has 0 spiro atoms. The van der Waals surface area contributed by atoms with Gasteiger partial charge in [0.25, 0.3) is 0 Å². The van der Waals surface area contributed by atoms with Crippen LogP contribution in [0.4, 0.5) is 0 Å². The predicted molar refractivity (Wildman–Crippen MR) is 96.3 cm³/mol. The summed E-state index contributed by atoms with van der Waals surface area (Å²) in [5.41, 5.74) is 4.75. The molecule has 0 amide bonds. The number of hydrogen-bond donors (Lipinski definition) is 1. The summed E-state index contributed by atoms with van der Waals surface area (Å²) in [7, 11) is 0.